The van der Waals surface area contributed by atoms with Crippen LogP contribution in [0.15, 0.2) is 29.8 Å². The molecule has 4 nitrogen and oxygen atoms in total. The maximum Gasteiger partial charge on any atom is 0.264 e. The van der Waals surface area contributed by atoms with Gasteiger partial charge in [-0.15, -0.1) is 11.3 Å². The molecule has 0 spiro atoms. The zero-order valence-corrected chi connectivity index (χ0v) is 15.5. The first-order valence-corrected chi connectivity index (χ1v) is 9.49. The minimum Gasteiger partial charge on any atom is -0.338 e. The second kappa shape index (κ2) is 7.62. The summed E-state index contributed by atoms with van der Waals surface area (Å²) in [6, 6.07) is 5.91. The number of rotatable bonds is 5. The Morgan fingerprint density at radius 2 is 2.08 bits per heavy atom. The van der Waals surface area contributed by atoms with Crippen LogP contribution < -0.4 is 5.32 Å². The third kappa shape index (κ3) is 4.44. The topological polar surface area (TPSA) is 45.2 Å². The zero-order chi connectivity index (χ0) is 17.9. The fourth-order valence-corrected chi connectivity index (χ4v) is 3.93. The van der Waals surface area contributed by atoms with E-state index in [0.29, 0.717) is 39.0 Å². The van der Waals surface area contributed by atoms with E-state index >= 15 is 0 Å². The summed E-state index contributed by atoms with van der Waals surface area (Å²) >= 11 is 1.46. The quantitative estimate of drug-likeness (QED) is 0.887. The van der Waals surface area contributed by atoms with Gasteiger partial charge in [0, 0.05) is 45.2 Å². The van der Waals surface area contributed by atoms with Crippen molar-refractivity contribution < 1.29 is 9.18 Å². The highest BCUT2D eigenvalue weighted by Gasteiger charge is 2.36. The van der Waals surface area contributed by atoms with E-state index in [0.717, 1.165) is 21.7 Å². The van der Waals surface area contributed by atoms with Crippen LogP contribution in [0.4, 0.5) is 4.39 Å². The smallest absolute Gasteiger partial charge is 0.264 e. The molecule has 0 unspecified atom stereocenters. The molecule has 1 saturated heterocycles. The second-order valence-corrected chi connectivity index (χ2v) is 7.72. The summed E-state index contributed by atoms with van der Waals surface area (Å²) in [5, 5.41) is 5.10. The molecule has 25 heavy (non-hydrogen) atoms. The third-order valence-corrected chi connectivity index (χ3v) is 5.73. The van der Waals surface area contributed by atoms with Crippen LogP contribution in [0.25, 0.3) is 0 Å². The molecule has 2 aromatic heterocycles. The van der Waals surface area contributed by atoms with Gasteiger partial charge in [0.1, 0.15) is 5.67 Å². The summed E-state index contributed by atoms with van der Waals surface area (Å²) < 4.78 is 15.0. The number of amides is 1. The Labute approximate surface area is 152 Å². The van der Waals surface area contributed by atoms with Crippen molar-refractivity contribution in [3.63, 3.8) is 0 Å². The second-order valence-electron chi connectivity index (χ2n) is 6.81. The van der Waals surface area contributed by atoms with E-state index in [1.165, 1.54) is 11.3 Å². The number of nitrogens with zero attached hydrogens (tertiary/aromatic N) is 2. The summed E-state index contributed by atoms with van der Waals surface area (Å²) in [7, 11) is 0. The lowest BCUT2D eigenvalue weighted by molar-refractivity contribution is 0.0437. The lowest BCUT2D eigenvalue weighted by atomic mass is 9.93. The van der Waals surface area contributed by atoms with E-state index in [4.69, 9.17) is 0 Å². The van der Waals surface area contributed by atoms with E-state index in [-0.39, 0.29) is 5.91 Å². The fourth-order valence-electron chi connectivity index (χ4n) is 3.04. The predicted molar refractivity (Wildman–Crippen MR) is 98.7 cm³/mol. The highest BCUT2D eigenvalue weighted by Crippen LogP contribution is 2.28. The Balaban J connectivity index is 1.48. The lowest BCUT2D eigenvalue weighted by Gasteiger charge is -2.36. The summed E-state index contributed by atoms with van der Waals surface area (Å²) in [4.78, 5) is 19.4. The van der Waals surface area contributed by atoms with Gasteiger partial charge in [-0.05, 0) is 42.5 Å². The van der Waals surface area contributed by atoms with Crippen molar-refractivity contribution in [2.45, 2.75) is 38.9 Å². The van der Waals surface area contributed by atoms with Gasteiger partial charge in [-0.25, -0.2) is 4.39 Å². The number of aryl methyl sites for hydroxylation is 2. The standard InChI is InChI=1S/C19H24FN3OS/c1-14-3-4-16(22-11-14)12-21-13-19(20)6-8-23(9-7-19)18(24)17-15(2)5-10-25-17/h3-5,10-11,21H,6-9,12-13H2,1-2H3. The molecule has 0 atom stereocenters. The molecule has 1 amide bonds. The van der Waals surface area contributed by atoms with Gasteiger partial charge in [-0.2, -0.15) is 0 Å². The van der Waals surface area contributed by atoms with Gasteiger partial charge in [0.15, 0.2) is 0 Å². The fraction of sp³-hybridized carbons (Fsp3) is 0.474. The molecule has 1 fully saturated rings. The SMILES string of the molecule is Cc1ccc(CNCC2(F)CCN(C(=O)c3sccc3C)CC2)nc1. The van der Waals surface area contributed by atoms with Crippen LogP contribution in [0.2, 0.25) is 0 Å². The summed E-state index contributed by atoms with van der Waals surface area (Å²) in [6.07, 6.45) is 2.56. The van der Waals surface area contributed by atoms with E-state index in [1.54, 1.807) is 4.90 Å². The van der Waals surface area contributed by atoms with Crippen molar-refractivity contribution in [2.24, 2.45) is 0 Å². The number of halogens is 1. The van der Waals surface area contributed by atoms with E-state index in [1.807, 2.05) is 43.6 Å². The first-order chi connectivity index (χ1) is 12.0. The largest absolute Gasteiger partial charge is 0.338 e. The average molecular weight is 361 g/mol. The van der Waals surface area contributed by atoms with Gasteiger partial charge in [0.05, 0.1) is 10.6 Å². The molecule has 3 heterocycles. The molecule has 0 radical (unpaired) electrons. The van der Waals surface area contributed by atoms with Crippen LogP contribution in [0.1, 0.15) is 39.3 Å². The maximum absolute atomic E-state index is 15.0. The molecular weight excluding hydrogens is 337 g/mol. The molecule has 2 aromatic rings. The van der Waals surface area contributed by atoms with E-state index in [9.17, 15) is 9.18 Å². The van der Waals surface area contributed by atoms with Crippen molar-refractivity contribution in [2.75, 3.05) is 19.6 Å². The molecule has 0 aromatic carbocycles. The van der Waals surface area contributed by atoms with Crippen LogP contribution in [0, 0.1) is 13.8 Å². The molecule has 1 aliphatic rings. The molecule has 134 valence electrons. The number of likely N-dealkylation sites (tertiary alicyclic amines) is 1. The average Bonchev–Trinajstić information content (AvgIpc) is 3.03. The van der Waals surface area contributed by atoms with Crippen molar-refractivity contribution in [3.05, 3.63) is 51.5 Å². The van der Waals surface area contributed by atoms with Gasteiger partial charge < -0.3 is 10.2 Å². The molecule has 0 saturated carbocycles. The molecule has 0 bridgehead atoms. The van der Waals surface area contributed by atoms with Crippen molar-refractivity contribution in [1.82, 2.24) is 15.2 Å². The van der Waals surface area contributed by atoms with Gasteiger partial charge >= 0.3 is 0 Å². The lowest BCUT2D eigenvalue weighted by Crippen LogP contribution is -2.48. The number of thiophene rings is 1. The number of hydrogen-bond acceptors (Lipinski definition) is 4. The highest BCUT2D eigenvalue weighted by atomic mass is 32.1. The molecule has 1 aliphatic heterocycles. The summed E-state index contributed by atoms with van der Waals surface area (Å²) in [5.74, 6) is 0.0337. The first kappa shape index (κ1) is 18.0. The zero-order valence-electron chi connectivity index (χ0n) is 14.7. The predicted octanol–water partition coefficient (Wildman–Crippen LogP) is 3.49. The number of hydrogen-bond donors (Lipinski definition) is 1. The number of pyridine rings is 1. The Bertz CT molecular complexity index is 721. The number of carbonyl (C=O) groups excluding carboxylic acids is 1. The van der Waals surface area contributed by atoms with Gasteiger partial charge in [-0.1, -0.05) is 6.07 Å². The van der Waals surface area contributed by atoms with Crippen LogP contribution in [0.5, 0.6) is 0 Å². The number of aromatic nitrogens is 1. The Morgan fingerprint density at radius 3 is 2.68 bits per heavy atom. The van der Waals surface area contributed by atoms with Crippen molar-refractivity contribution in [3.8, 4) is 0 Å². The van der Waals surface area contributed by atoms with Crippen LogP contribution >= 0.6 is 11.3 Å². The molecule has 6 heteroatoms. The van der Waals surface area contributed by atoms with Crippen LogP contribution in [0.3, 0.4) is 0 Å². The highest BCUT2D eigenvalue weighted by molar-refractivity contribution is 7.12. The Morgan fingerprint density at radius 1 is 1.32 bits per heavy atom. The number of carbonyl (C=O) groups is 1. The Kier molecular flexibility index (Phi) is 5.49. The molecular formula is C19H24FN3OS. The molecule has 1 N–H and O–H groups in total. The normalized spacial score (nSPS) is 16.8. The van der Waals surface area contributed by atoms with Crippen molar-refractivity contribution >= 4 is 17.2 Å². The van der Waals surface area contributed by atoms with Crippen LogP contribution in [-0.4, -0.2) is 41.1 Å². The Hall–Kier alpha value is -1.79. The molecule has 3 rings (SSSR count). The molecule has 0 aliphatic carbocycles. The van der Waals surface area contributed by atoms with Crippen LogP contribution in [-0.2, 0) is 6.54 Å². The van der Waals surface area contributed by atoms with Gasteiger partial charge in [0.2, 0.25) is 0 Å². The summed E-state index contributed by atoms with van der Waals surface area (Å²) in [5.41, 5.74) is 1.77. The van der Waals surface area contributed by atoms with Crippen molar-refractivity contribution in [1.29, 1.82) is 0 Å². The third-order valence-electron chi connectivity index (χ3n) is 4.72. The summed E-state index contributed by atoms with van der Waals surface area (Å²) in [6.45, 7) is 5.73. The minimum absolute atomic E-state index is 0.0337. The number of nitrogens with one attached hydrogen (secondary N) is 1. The first-order valence-electron chi connectivity index (χ1n) is 8.61. The monoisotopic (exact) mass is 361 g/mol. The minimum atomic E-state index is -1.26. The van der Waals surface area contributed by atoms with Gasteiger partial charge in [-0.3, -0.25) is 9.78 Å². The number of alkyl halides is 1. The number of piperidine rings is 1. The van der Waals surface area contributed by atoms with Gasteiger partial charge in [0.25, 0.3) is 5.91 Å². The van der Waals surface area contributed by atoms with E-state index in [2.05, 4.69) is 10.3 Å². The van der Waals surface area contributed by atoms with E-state index < -0.39 is 5.67 Å². The maximum atomic E-state index is 15.0.